The molecule has 1 N–H and O–H groups in total. The molecule has 1 aromatic carbocycles. The Bertz CT molecular complexity index is 860. The van der Waals surface area contributed by atoms with Gasteiger partial charge in [-0.05, 0) is 56.5 Å². The second-order valence-electron chi connectivity index (χ2n) is 9.51. The van der Waals surface area contributed by atoms with Crippen molar-refractivity contribution in [3.05, 3.63) is 29.8 Å². The number of urea groups is 1. The standard InChI is InChI=1S/C25H36N4O4/c1-27-24(32)29(23(31)25(27)13-5-3-6-14-25)18-22(30)26-17-21(28-15-7-4-8-16-28)19-9-11-20(33-2)12-10-19/h9-12,21H,3-8,13-18H2,1-2H3,(H,26,30)/t21-/m0/s1. The number of carbonyl (C=O) groups excluding carboxylic acids is 3. The van der Waals surface area contributed by atoms with Crippen LogP contribution < -0.4 is 10.1 Å². The minimum absolute atomic E-state index is 0.0393. The number of imide groups is 1. The van der Waals surface area contributed by atoms with Gasteiger partial charge in [-0.25, -0.2) is 4.79 Å². The van der Waals surface area contributed by atoms with Crippen molar-refractivity contribution >= 4 is 17.8 Å². The van der Waals surface area contributed by atoms with Crippen molar-refractivity contribution in [3.8, 4) is 5.75 Å². The van der Waals surface area contributed by atoms with E-state index >= 15 is 0 Å². The second kappa shape index (κ2) is 10.1. The molecular weight excluding hydrogens is 420 g/mol. The van der Waals surface area contributed by atoms with Crippen molar-refractivity contribution < 1.29 is 19.1 Å². The summed E-state index contributed by atoms with van der Waals surface area (Å²) in [5, 5.41) is 3.00. The minimum Gasteiger partial charge on any atom is -0.497 e. The molecule has 180 valence electrons. The molecule has 4 rings (SSSR count). The van der Waals surface area contributed by atoms with Crippen molar-refractivity contribution in [3.63, 3.8) is 0 Å². The number of likely N-dealkylation sites (tertiary alicyclic amines) is 1. The molecule has 3 aliphatic rings. The zero-order valence-corrected chi connectivity index (χ0v) is 19.8. The van der Waals surface area contributed by atoms with Crippen molar-refractivity contribution in [1.82, 2.24) is 20.0 Å². The Morgan fingerprint density at radius 1 is 1.03 bits per heavy atom. The number of hydrogen-bond donors (Lipinski definition) is 1. The van der Waals surface area contributed by atoms with Crippen LogP contribution in [0.15, 0.2) is 24.3 Å². The van der Waals surface area contributed by atoms with Crippen molar-refractivity contribution in [1.29, 1.82) is 0 Å². The first kappa shape index (κ1) is 23.5. The number of rotatable bonds is 7. The van der Waals surface area contributed by atoms with Gasteiger partial charge in [-0.3, -0.25) is 19.4 Å². The van der Waals surface area contributed by atoms with E-state index in [9.17, 15) is 14.4 Å². The summed E-state index contributed by atoms with van der Waals surface area (Å²) in [5.74, 6) is 0.285. The van der Waals surface area contributed by atoms with Gasteiger partial charge in [0.1, 0.15) is 17.8 Å². The molecule has 0 radical (unpaired) electrons. The normalized spacial score (nSPS) is 22.0. The number of amides is 4. The first-order chi connectivity index (χ1) is 16.0. The third kappa shape index (κ3) is 4.71. The van der Waals surface area contributed by atoms with Crippen molar-refractivity contribution in [2.75, 3.05) is 40.3 Å². The number of methoxy groups -OCH3 is 1. The molecule has 33 heavy (non-hydrogen) atoms. The lowest BCUT2D eigenvalue weighted by Crippen LogP contribution is -2.49. The number of piperidine rings is 1. The molecule has 2 saturated heterocycles. The number of nitrogens with one attached hydrogen (secondary N) is 1. The Kier molecular flexibility index (Phi) is 7.22. The van der Waals surface area contributed by atoms with Crippen LogP contribution >= 0.6 is 0 Å². The van der Waals surface area contributed by atoms with E-state index in [1.165, 1.54) is 6.42 Å². The van der Waals surface area contributed by atoms with Gasteiger partial charge in [-0.1, -0.05) is 37.8 Å². The summed E-state index contributed by atoms with van der Waals surface area (Å²) in [7, 11) is 3.34. The van der Waals surface area contributed by atoms with E-state index in [1.54, 1.807) is 19.1 Å². The molecule has 0 aromatic heterocycles. The Hall–Kier alpha value is -2.61. The first-order valence-electron chi connectivity index (χ1n) is 12.2. The third-order valence-electron chi connectivity index (χ3n) is 7.61. The fourth-order valence-corrected chi connectivity index (χ4v) is 5.59. The van der Waals surface area contributed by atoms with Gasteiger partial charge in [0, 0.05) is 13.6 Å². The molecule has 1 aliphatic carbocycles. The summed E-state index contributed by atoms with van der Waals surface area (Å²) >= 11 is 0. The van der Waals surface area contributed by atoms with Crippen LogP contribution in [0, 0.1) is 0 Å². The topological polar surface area (TPSA) is 82.2 Å². The van der Waals surface area contributed by atoms with E-state index in [0.29, 0.717) is 19.4 Å². The molecule has 3 fully saturated rings. The van der Waals surface area contributed by atoms with Crippen LogP contribution in [0.4, 0.5) is 4.79 Å². The fourth-order valence-electron chi connectivity index (χ4n) is 5.59. The molecule has 8 nitrogen and oxygen atoms in total. The minimum atomic E-state index is -0.755. The molecule has 2 aliphatic heterocycles. The zero-order chi connectivity index (χ0) is 23.4. The van der Waals surface area contributed by atoms with Crippen LogP contribution in [0.1, 0.15) is 63.0 Å². The summed E-state index contributed by atoms with van der Waals surface area (Å²) in [6.07, 6.45) is 7.83. The maximum absolute atomic E-state index is 13.2. The summed E-state index contributed by atoms with van der Waals surface area (Å²) in [5.41, 5.74) is 0.363. The molecule has 0 bridgehead atoms. The van der Waals surface area contributed by atoms with Crippen LogP contribution in [0.5, 0.6) is 5.75 Å². The number of ether oxygens (including phenoxy) is 1. The zero-order valence-electron chi connectivity index (χ0n) is 19.8. The molecule has 4 amide bonds. The highest BCUT2D eigenvalue weighted by Gasteiger charge is 2.55. The molecule has 1 saturated carbocycles. The monoisotopic (exact) mass is 456 g/mol. The smallest absolute Gasteiger partial charge is 0.327 e. The van der Waals surface area contributed by atoms with E-state index in [1.807, 2.05) is 24.3 Å². The van der Waals surface area contributed by atoms with Crippen molar-refractivity contribution in [2.45, 2.75) is 62.9 Å². The Morgan fingerprint density at radius 3 is 2.30 bits per heavy atom. The van der Waals surface area contributed by atoms with Crippen LogP contribution in [0.2, 0.25) is 0 Å². The van der Waals surface area contributed by atoms with Gasteiger partial charge in [0.25, 0.3) is 5.91 Å². The summed E-state index contributed by atoms with van der Waals surface area (Å²) in [6, 6.07) is 7.64. The highest BCUT2D eigenvalue weighted by Crippen LogP contribution is 2.39. The quantitative estimate of drug-likeness (QED) is 0.638. The van der Waals surface area contributed by atoms with Crippen LogP contribution in [0.3, 0.4) is 0 Å². The van der Waals surface area contributed by atoms with Gasteiger partial charge in [0.15, 0.2) is 0 Å². The maximum atomic E-state index is 13.2. The number of likely N-dealkylation sites (N-methyl/N-ethyl adjacent to an activating group) is 1. The third-order valence-corrected chi connectivity index (χ3v) is 7.61. The number of carbonyl (C=O) groups is 3. The summed E-state index contributed by atoms with van der Waals surface area (Å²) < 4.78 is 5.29. The molecule has 8 heteroatoms. The van der Waals surface area contributed by atoms with E-state index in [2.05, 4.69) is 10.2 Å². The first-order valence-corrected chi connectivity index (χ1v) is 12.2. The van der Waals surface area contributed by atoms with E-state index < -0.39 is 5.54 Å². The average molecular weight is 457 g/mol. The Balaban J connectivity index is 1.41. The van der Waals surface area contributed by atoms with Gasteiger partial charge in [-0.15, -0.1) is 0 Å². The van der Waals surface area contributed by atoms with Gasteiger partial charge < -0.3 is 15.0 Å². The molecule has 0 unspecified atom stereocenters. The van der Waals surface area contributed by atoms with Crippen LogP contribution in [-0.4, -0.2) is 78.4 Å². The SMILES string of the molecule is COc1ccc([C@H](CNC(=O)CN2C(=O)N(C)C3(CCCCC3)C2=O)N2CCCCC2)cc1. The number of nitrogens with zero attached hydrogens (tertiary/aromatic N) is 3. The van der Waals surface area contributed by atoms with Crippen molar-refractivity contribution in [2.24, 2.45) is 0 Å². The molecular formula is C25H36N4O4. The Morgan fingerprint density at radius 2 is 1.67 bits per heavy atom. The summed E-state index contributed by atoms with van der Waals surface area (Å²) in [4.78, 5) is 44.0. The maximum Gasteiger partial charge on any atom is 0.327 e. The van der Waals surface area contributed by atoms with E-state index in [4.69, 9.17) is 4.74 Å². The fraction of sp³-hybridized carbons (Fsp3) is 0.640. The lowest BCUT2D eigenvalue weighted by atomic mass is 9.81. The Labute approximate surface area is 196 Å². The lowest BCUT2D eigenvalue weighted by Gasteiger charge is -2.36. The van der Waals surface area contributed by atoms with Gasteiger partial charge in [-0.2, -0.15) is 0 Å². The molecule has 1 spiro atoms. The highest BCUT2D eigenvalue weighted by atomic mass is 16.5. The van der Waals surface area contributed by atoms with Gasteiger partial charge in [0.2, 0.25) is 5.91 Å². The van der Waals surface area contributed by atoms with E-state index in [-0.39, 0.29) is 30.4 Å². The molecule has 1 atom stereocenters. The van der Waals surface area contributed by atoms with E-state index in [0.717, 1.165) is 61.4 Å². The number of hydrogen-bond acceptors (Lipinski definition) is 5. The second-order valence-corrected chi connectivity index (χ2v) is 9.51. The molecule has 2 heterocycles. The lowest BCUT2D eigenvalue weighted by molar-refractivity contribution is -0.137. The summed E-state index contributed by atoms with van der Waals surface area (Å²) in [6.45, 7) is 2.19. The highest BCUT2D eigenvalue weighted by molar-refractivity contribution is 6.08. The predicted molar refractivity (Wildman–Crippen MR) is 125 cm³/mol. The number of benzene rings is 1. The van der Waals surface area contributed by atoms with Crippen LogP contribution in [-0.2, 0) is 9.59 Å². The average Bonchev–Trinajstić information content (AvgIpc) is 3.02. The van der Waals surface area contributed by atoms with Gasteiger partial charge >= 0.3 is 6.03 Å². The largest absolute Gasteiger partial charge is 0.497 e. The van der Waals surface area contributed by atoms with Crippen LogP contribution in [0.25, 0.3) is 0 Å². The molecule has 1 aromatic rings. The van der Waals surface area contributed by atoms with Gasteiger partial charge in [0.05, 0.1) is 13.2 Å². The predicted octanol–water partition coefficient (Wildman–Crippen LogP) is 2.94.